The van der Waals surface area contributed by atoms with Crippen molar-refractivity contribution in [2.45, 2.75) is 13.0 Å². The predicted octanol–water partition coefficient (Wildman–Crippen LogP) is 5.46. The van der Waals surface area contributed by atoms with Gasteiger partial charge in [-0.25, -0.2) is 4.98 Å². The van der Waals surface area contributed by atoms with Gasteiger partial charge in [0.1, 0.15) is 5.75 Å². The lowest BCUT2D eigenvalue weighted by Crippen LogP contribution is -2.29. The lowest BCUT2D eigenvalue weighted by Gasteiger charge is -2.08. The maximum absolute atomic E-state index is 12.8. The van der Waals surface area contributed by atoms with E-state index in [0.29, 0.717) is 22.3 Å². The number of ether oxygens (including phenoxy) is 1. The van der Waals surface area contributed by atoms with Crippen molar-refractivity contribution in [3.05, 3.63) is 58.4 Å². The van der Waals surface area contributed by atoms with Gasteiger partial charge in [-0.3, -0.25) is 4.79 Å². The summed E-state index contributed by atoms with van der Waals surface area (Å²) >= 11 is 4.78. The lowest BCUT2D eigenvalue weighted by molar-refractivity contribution is -0.117. The molecule has 0 fully saturated rings. The summed E-state index contributed by atoms with van der Waals surface area (Å²) in [7, 11) is 1.59. The summed E-state index contributed by atoms with van der Waals surface area (Å²) in [5, 5.41) is 16.4. The Morgan fingerprint density at radius 2 is 2.00 bits per heavy atom. The van der Waals surface area contributed by atoms with Crippen LogP contribution in [0.3, 0.4) is 0 Å². The van der Waals surface area contributed by atoms with Crippen LogP contribution in [-0.4, -0.2) is 29.8 Å². The number of nitrogens with zero attached hydrogens (tertiary/aromatic N) is 5. The average Bonchev–Trinajstić information content (AvgIpc) is 3.32. The van der Waals surface area contributed by atoms with E-state index >= 15 is 0 Å². The maximum atomic E-state index is 12.8. The third-order valence-corrected chi connectivity index (χ3v) is 5.60. The Morgan fingerprint density at radius 1 is 1.21 bits per heavy atom. The van der Waals surface area contributed by atoms with E-state index in [4.69, 9.17) is 4.74 Å². The highest BCUT2D eigenvalue weighted by Gasteiger charge is 2.36. The summed E-state index contributed by atoms with van der Waals surface area (Å²) in [4.78, 5) is 17.4. The van der Waals surface area contributed by atoms with Crippen molar-refractivity contribution in [1.82, 2.24) is 4.98 Å². The van der Waals surface area contributed by atoms with E-state index in [1.54, 1.807) is 26.2 Å². The second kappa shape index (κ2) is 8.22. The molecule has 7 nitrogen and oxygen atoms in total. The predicted molar refractivity (Wildman–Crippen MR) is 117 cm³/mol. The highest BCUT2D eigenvalue weighted by molar-refractivity contribution is 9.10. The fraction of sp³-hybridized carbons (Fsp3) is 0.150. The fourth-order valence-corrected chi connectivity index (χ4v) is 3.79. The van der Waals surface area contributed by atoms with E-state index in [2.05, 4.69) is 36.2 Å². The SMILES string of the molecule is COc1cccc(N=N[C@H]2C(=O)N(c3nc(-c4ccc(Br)cc4)cs3)N=C2C)c1. The minimum absolute atomic E-state index is 0.272. The van der Waals surface area contributed by atoms with Crippen molar-refractivity contribution in [3.63, 3.8) is 0 Å². The van der Waals surface area contributed by atoms with E-state index in [0.717, 1.165) is 15.7 Å². The van der Waals surface area contributed by atoms with Gasteiger partial charge in [0.25, 0.3) is 5.91 Å². The Bertz CT molecular complexity index is 1110. The molecule has 9 heteroatoms. The molecule has 0 saturated heterocycles. The van der Waals surface area contributed by atoms with Crippen molar-refractivity contribution < 1.29 is 9.53 Å². The number of benzene rings is 2. The average molecular weight is 470 g/mol. The van der Waals surface area contributed by atoms with Crippen molar-refractivity contribution in [2.75, 3.05) is 12.1 Å². The van der Waals surface area contributed by atoms with Crippen LogP contribution in [0, 0.1) is 0 Å². The molecule has 2 aromatic carbocycles. The molecule has 0 bridgehead atoms. The number of methoxy groups -OCH3 is 1. The zero-order valence-corrected chi connectivity index (χ0v) is 18.0. The van der Waals surface area contributed by atoms with Crippen LogP contribution in [0.25, 0.3) is 11.3 Å². The summed E-state index contributed by atoms with van der Waals surface area (Å²) in [6.07, 6.45) is 0. The van der Waals surface area contributed by atoms with Crippen molar-refractivity contribution >= 4 is 49.7 Å². The molecule has 3 aromatic rings. The number of rotatable bonds is 5. The van der Waals surface area contributed by atoms with Gasteiger partial charge in [0.15, 0.2) is 6.04 Å². The summed E-state index contributed by atoms with van der Waals surface area (Å²) in [5.41, 5.74) is 2.94. The first-order valence-electron chi connectivity index (χ1n) is 8.70. The number of thiazole rings is 1. The molecule has 1 aromatic heterocycles. The molecule has 1 amide bonds. The number of aromatic nitrogens is 1. The molecule has 0 saturated carbocycles. The molecule has 1 atom stereocenters. The molecule has 4 rings (SSSR count). The zero-order valence-electron chi connectivity index (χ0n) is 15.6. The van der Waals surface area contributed by atoms with Gasteiger partial charge in [0.05, 0.1) is 24.2 Å². The first-order valence-corrected chi connectivity index (χ1v) is 10.4. The Morgan fingerprint density at radius 3 is 2.76 bits per heavy atom. The van der Waals surface area contributed by atoms with Crippen LogP contribution in [0.2, 0.25) is 0 Å². The number of carbonyl (C=O) groups excluding carboxylic acids is 1. The molecule has 1 aliphatic heterocycles. The third kappa shape index (κ3) is 4.10. The maximum Gasteiger partial charge on any atom is 0.282 e. The smallest absolute Gasteiger partial charge is 0.282 e. The van der Waals surface area contributed by atoms with Crippen LogP contribution in [-0.2, 0) is 4.79 Å². The fourth-order valence-electron chi connectivity index (χ4n) is 2.74. The van der Waals surface area contributed by atoms with E-state index in [-0.39, 0.29) is 5.91 Å². The first-order chi connectivity index (χ1) is 14.0. The molecule has 0 radical (unpaired) electrons. The Hall–Kier alpha value is -2.91. The molecule has 0 unspecified atom stereocenters. The molecule has 1 aliphatic rings. The second-order valence-corrected chi connectivity index (χ2v) is 7.99. The van der Waals surface area contributed by atoms with Gasteiger partial charge < -0.3 is 4.74 Å². The quantitative estimate of drug-likeness (QED) is 0.465. The zero-order chi connectivity index (χ0) is 20.4. The highest BCUT2D eigenvalue weighted by atomic mass is 79.9. The number of hydrazone groups is 1. The Kier molecular flexibility index (Phi) is 5.50. The summed E-state index contributed by atoms with van der Waals surface area (Å²) in [6.45, 7) is 1.76. The van der Waals surface area contributed by atoms with Gasteiger partial charge in [-0.15, -0.1) is 11.3 Å². The van der Waals surface area contributed by atoms with Crippen LogP contribution in [0.1, 0.15) is 6.92 Å². The van der Waals surface area contributed by atoms with Crippen molar-refractivity contribution in [3.8, 4) is 17.0 Å². The normalized spacial score (nSPS) is 16.5. The van der Waals surface area contributed by atoms with Crippen molar-refractivity contribution in [1.29, 1.82) is 0 Å². The summed E-state index contributed by atoms with van der Waals surface area (Å²) in [6, 6.07) is 14.2. The lowest BCUT2D eigenvalue weighted by atomic mass is 10.2. The number of anilines is 1. The van der Waals surface area contributed by atoms with Gasteiger partial charge in [-0.2, -0.15) is 20.3 Å². The van der Waals surface area contributed by atoms with E-state index < -0.39 is 6.04 Å². The number of azo groups is 1. The molecule has 0 N–H and O–H groups in total. The van der Waals surface area contributed by atoms with E-state index in [9.17, 15) is 4.79 Å². The standard InChI is InChI=1S/C20H16BrN5O2S/c1-12-18(24-23-15-4-3-5-16(10-15)28-2)19(27)26(25-12)20-22-17(11-29-20)13-6-8-14(21)9-7-13/h3-11,18H,1-2H3/t18-/m1/s1. The largest absolute Gasteiger partial charge is 0.497 e. The van der Waals surface area contributed by atoms with Gasteiger partial charge in [0, 0.05) is 21.5 Å². The summed E-state index contributed by atoms with van der Waals surface area (Å²) in [5.74, 6) is 0.403. The first kappa shape index (κ1) is 19.4. The van der Waals surface area contributed by atoms with Crippen LogP contribution >= 0.6 is 27.3 Å². The molecule has 29 heavy (non-hydrogen) atoms. The minimum Gasteiger partial charge on any atom is -0.497 e. The van der Waals surface area contributed by atoms with E-state index in [1.165, 1.54) is 16.3 Å². The van der Waals surface area contributed by atoms with Crippen molar-refractivity contribution in [2.24, 2.45) is 15.3 Å². The highest BCUT2D eigenvalue weighted by Crippen LogP contribution is 2.31. The molecule has 0 spiro atoms. The van der Waals surface area contributed by atoms with Crippen LogP contribution in [0.15, 0.2) is 73.7 Å². The van der Waals surface area contributed by atoms with Gasteiger partial charge in [-0.1, -0.05) is 34.1 Å². The Balaban J connectivity index is 1.53. The van der Waals surface area contributed by atoms with Crippen LogP contribution < -0.4 is 9.75 Å². The topological polar surface area (TPSA) is 79.5 Å². The number of amides is 1. The van der Waals surface area contributed by atoms with Gasteiger partial charge in [-0.05, 0) is 31.2 Å². The molecular formula is C20H16BrN5O2S. The number of carbonyl (C=O) groups is 1. The summed E-state index contributed by atoms with van der Waals surface area (Å²) < 4.78 is 6.18. The second-order valence-electron chi connectivity index (χ2n) is 6.23. The minimum atomic E-state index is -0.763. The molecule has 146 valence electrons. The Labute approximate surface area is 179 Å². The number of hydrogen-bond donors (Lipinski definition) is 0. The van der Waals surface area contributed by atoms with E-state index in [1.807, 2.05) is 41.8 Å². The molecular weight excluding hydrogens is 454 g/mol. The van der Waals surface area contributed by atoms with Crippen LogP contribution in [0.5, 0.6) is 5.75 Å². The third-order valence-electron chi connectivity index (χ3n) is 4.25. The number of hydrogen-bond acceptors (Lipinski definition) is 7. The van der Waals surface area contributed by atoms with Gasteiger partial charge >= 0.3 is 0 Å². The number of halogens is 1. The van der Waals surface area contributed by atoms with Crippen LogP contribution in [0.4, 0.5) is 10.8 Å². The molecule has 0 aliphatic carbocycles. The molecule has 2 heterocycles. The monoisotopic (exact) mass is 469 g/mol. The van der Waals surface area contributed by atoms with Gasteiger partial charge in [0.2, 0.25) is 5.13 Å².